The van der Waals surface area contributed by atoms with Crippen molar-refractivity contribution in [2.75, 3.05) is 0 Å². The molecule has 0 aromatic rings. The third-order valence-corrected chi connectivity index (χ3v) is 7.05. The number of fused-ring (bicyclic) bond motifs is 3. The summed E-state index contributed by atoms with van der Waals surface area (Å²) >= 11 is 0. The predicted octanol–water partition coefficient (Wildman–Crippen LogP) is 4.37. The molecule has 0 amide bonds. The van der Waals surface area contributed by atoms with Crippen LogP contribution in [0.5, 0.6) is 0 Å². The first-order valence-electron chi connectivity index (χ1n) is 8.37. The van der Waals surface area contributed by atoms with Gasteiger partial charge in [-0.3, -0.25) is 4.79 Å². The molecule has 1 heterocycles. The van der Waals surface area contributed by atoms with Gasteiger partial charge in [0.1, 0.15) is 6.10 Å². The lowest BCUT2D eigenvalue weighted by atomic mass is 9.45. The summed E-state index contributed by atoms with van der Waals surface area (Å²) in [5.74, 6) is 1.56. The van der Waals surface area contributed by atoms with Crippen molar-refractivity contribution in [3.63, 3.8) is 0 Å². The van der Waals surface area contributed by atoms with Crippen molar-refractivity contribution in [1.82, 2.24) is 0 Å². The van der Waals surface area contributed by atoms with Crippen molar-refractivity contribution in [3.05, 3.63) is 0 Å². The zero-order valence-electron chi connectivity index (χ0n) is 13.8. The minimum atomic E-state index is -0.148. The molecule has 0 N–H and O–H groups in total. The summed E-state index contributed by atoms with van der Waals surface area (Å²) in [5.41, 5.74) is 0.747. The Morgan fingerprint density at radius 1 is 1.05 bits per heavy atom. The van der Waals surface area contributed by atoms with Crippen LogP contribution in [0, 0.1) is 22.7 Å². The summed E-state index contributed by atoms with van der Waals surface area (Å²) in [6.45, 7) is 11.4. The molecule has 2 nitrogen and oxygen atoms in total. The second kappa shape index (κ2) is 4.32. The van der Waals surface area contributed by atoms with Crippen molar-refractivity contribution in [3.8, 4) is 0 Å². The van der Waals surface area contributed by atoms with Crippen LogP contribution >= 0.6 is 0 Å². The van der Waals surface area contributed by atoms with Gasteiger partial charge in [-0.1, -0.05) is 27.2 Å². The van der Waals surface area contributed by atoms with E-state index in [-0.39, 0.29) is 17.5 Å². The first-order chi connectivity index (χ1) is 9.19. The fraction of sp³-hybridized carbons (Fsp3) is 0.944. The minimum Gasteiger partial charge on any atom is -0.364 e. The van der Waals surface area contributed by atoms with Crippen molar-refractivity contribution in [2.24, 2.45) is 22.7 Å². The van der Waals surface area contributed by atoms with Crippen LogP contribution in [0.3, 0.4) is 0 Å². The Kier molecular flexibility index (Phi) is 3.14. The number of ether oxygens (including phenoxy) is 1. The van der Waals surface area contributed by atoms with E-state index in [2.05, 4.69) is 27.7 Å². The van der Waals surface area contributed by atoms with E-state index in [4.69, 9.17) is 4.74 Å². The highest BCUT2D eigenvalue weighted by Crippen LogP contribution is 2.65. The van der Waals surface area contributed by atoms with Gasteiger partial charge in [-0.25, -0.2) is 0 Å². The second-order valence-corrected chi connectivity index (χ2v) is 8.76. The van der Waals surface area contributed by atoms with Crippen LogP contribution in [0.2, 0.25) is 0 Å². The first kappa shape index (κ1) is 14.6. The summed E-state index contributed by atoms with van der Waals surface area (Å²) < 4.78 is 6.25. The van der Waals surface area contributed by atoms with Crippen molar-refractivity contribution in [1.29, 1.82) is 0 Å². The Morgan fingerprint density at radius 2 is 1.75 bits per heavy atom. The molecule has 3 fully saturated rings. The molecule has 0 spiro atoms. The number of carbonyl (C=O) groups excluding carboxylic acids is 1. The van der Waals surface area contributed by atoms with Crippen LogP contribution in [-0.4, -0.2) is 17.5 Å². The van der Waals surface area contributed by atoms with Gasteiger partial charge in [0.15, 0.2) is 5.78 Å². The second-order valence-electron chi connectivity index (χ2n) is 8.76. The van der Waals surface area contributed by atoms with Crippen LogP contribution in [0.15, 0.2) is 0 Å². The van der Waals surface area contributed by atoms with Gasteiger partial charge < -0.3 is 4.74 Å². The van der Waals surface area contributed by atoms with Gasteiger partial charge in [-0.15, -0.1) is 0 Å². The Hall–Kier alpha value is -0.370. The van der Waals surface area contributed by atoms with E-state index < -0.39 is 0 Å². The lowest BCUT2D eigenvalue weighted by Crippen LogP contribution is -2.55. The van der Waals surface area contributed by atoms with Gasteiger partial charge in [-0.05, 0) is 68.6 Å². The maximum Gasteiger partial charge on any atom is 0.158 e. The highest BCUT2D eigenvalue weighted by molar-refractivity contribution is 5.80. The molecule has 0 unspecified atom stereocenters. The molecule has 20 heavy (non-hydrogen) atoms. The molecule has 0 aromatic carbocycles. The molecule has 0 aromatic heterocycles. The van der Waals surface area contributed by atoms with E-state index in [1.807, 2.05) is 0 Å². The van der Waals surface area contributed by atoms with Crippen LogP contribution in [0.1, 0.15) is 73.1 Å². The quantitative estimate of drug-likeness (QED) is 0.712. The monoisotopic (exact) mass is 278 g/mol. The zero-order chi connectivity index (χ0) is 14.8. The van der Waals surface area contributed by atoms with Crippen LogP contribution in [-0.2, 0) is 9.53 Å². The van der Waals surface area contributed by atoms with Gasteiger partial charge >= 0.3 is 0 Å². The molecule has 3 rings (SSSR count). The maximum atomic E-state index is 11.8. The highest BCUT2D eigenvalue weighted by Gasteiger charge is 2.62. The Morgan fingerprint density at radius 3 is 2.40 bits per heavy atom. The van der Waals surface area contributed by atoms with Gasteiger partial charge in [-0.2, -0.15) is 0 Å². The van der Waals surface area contributed by atoms with Crippen LogP contribution in [0.25, 0.3) is 0 Å². The van der Waals surface area contributed by atoms with E-state index >= 15 is 0 Å². The lowest BCUT2D eigenvalue weighted by molar-refractivity contribution is -0.160. The molecule has 1 aliphatic heterocycles. The molecular weight excluding hydrogens is 248 g/mol. The largest absolute Gasteiger partial charge is 0.364 e. The third-order valence-electron chi connectivity index (χ3n) is 7.05. The molecule has 2 aliphatic carbocycles. The molecule has 114 valence electrons. The Bertz CT molecular complexity index is 427. The number of ketones is 1. The molecule has 2 heteroatoms. The van der Waals surface area contributed by atoms with Gasteiger partial charge in [0, 0.05) is 0 Å². The molecule has 0 bridgehead atoms. The fourth-order valence-corrected chi connectivity index (χ4v) is 6.10. The standard InChI is InChI=1S/C18H30O2/c1-12(19)13-11-15-17(4)9-6-8-16(2,3)14(17)7-10-18(15,5)20-13/h13-15H,6-11H2,1-5H3/t13-,14-,15+,17-,18-/m0/s1. The summed E-state index contributed by atoms with van der Waals surface area (Å²) in [4.78, 5) is 11.8. The molecule has 3 aliphatic rings. The molecule has 5 atom stereocenters. The number of hydrogen-bond donors (Lipinski definition) is 0. The molecule has 1 saturated heterocycles. The van der Waals surface area contributed by atoms with Crippen LogP contribution < -0.4 is 0 Å². The smallest absolute Gasteiger partial charge is 0.158 e. The lowest BCUT2D eigenvalue weighted by Gasteiger charge is -2.60. The fourth-order valence-electron chi connectivity index (χ4n) is 6.10. The van der Waals surface area contributed by atoms with Crippen molar-refractivity contribution in [2.45, 2.75) is 84.8 Å². The predicted molar refractivity (Wildman–Crippen MR) is 80.5 cm³/mol. The third kappa shape index (κ3) is 1.90. The normalized spacial score (nSPS) is 50.4. The highest BCUT2D eigenvalue weighted by atomic mass is 16.5. The van der Waals surface area contributed by atoms with Gasteiger partial charge in [0.05, 0.1) is 5.60 Å². The number of Topliss-reactive ketones (excluding diaryl/α,β-unsaturated/α-hetero) is 1. The molecule has 2 saturated carbocycles. The SMILES string of the molecule is CC(=O)[C@@H]1C[C@@H]2[C@@]3(C)CCCC(C)(C)[C@@H]3CC[C@]2(C)O1. The zero-order valence-corrected chi connectivity index (χ0v) is 13.8. The van der Waals surface area contributed by atoms with Gasteiger partial charge in [0.2, 0.25) is 0 Å². The molecule has 0 radical (unpaired) electrons. The van der Waals surface area contributed by atoms with E-state index in [0.717, 1.165) is 18.8 Å². The first-order valence-corrected chi connectivity index (χ1v) is 8.37. The minimum absolute atomic E-state index is 0.0605. The van der Waals surface area contributed by atoms with Crippen LogP contribution in [0.4, 0.5) is 0 Å². The topological polar surface area (TPSA) is 26.3 Å². The number of hydrogen-bond acceptors (Lipinski definition) is 2. The van der Waals surface area contributed by atoms with Crippen molar-refractivity contribution >= 4 is 5.78 Å². The maximum absolute atomic E-state index is 11.8. The summed E-state index contributed by atoms with van der Waals surface area (Å²) in [6.07, 6.45) is 7.20. The average molecular weight is 278 g/mol. The number of carbonyl (C=O) groups is 1. The van der Waals surface area contributed by atoms with E-state index in [1.165, 1.54) is 25.7 Å². The summed E-state index contributed by atoms with van der Waals surface area (Å²) in [7, 11) is 0. The van der Waals surface area contributed by atoms with E-state index in [9.17, 15) is 4.79 Å². The summed E-state index contributed by atoms with van der Waals surface area (Å²) in [6, 6.07) is 0. The summed E-state index contributed by atoms with van der Waals surface area (Å²) in [5, 5.41) is 0. The average Bonchev–Trinajstić information content (AvgIpc) is 2.67. The van der Waals surface area contributed by atoms with E-state index in [1.54, 1.807) is 6.92 Å². The van der Waals surface area contributed by atoms with Gasteiger partial charge in [0.25, 0.3) is 0 Å². The van der Waals surface area contributed by atoms with E-state index in [0.29, 0.717) is 16.7 Å². The number of rotatable bonds is 1. The Labute approximate surface area is 123 Å². The van der Waals surface area contributed by atoms with Crippen molar-refractivity contribution < 1.29 is 9.53 Å². The Balaban J connectivity index is 1.95. The molecular formula is C18H30O2.